The Labute approximate surface area is 94.5 Å². The van der Waals surface area contributed by atoms with Gasteiger partial charge in [-0.2, -0.15) is 10.2 Å². The lowest BCUT2D eigenvalue weighted by atomic mass is 10.3. The van der Waals surface area contributed by atoms with Gasteiger partial charge in [0.1, 0.15) is 0 Å². The Morgan fingerprint density at radius 2 is 2.38 bits per heavy atom. The van der Waals surface area contributed by atoms with Crippen LogP contribution in [0.25, 0.3) is 0 Å². The van der Waals surface area contributed by atoms with Gasteiger partial charge in [0, 0.05) is 6.54 Å². The number of rotatable bonds is 6. The maximum absolute atomic E-state index is 11.5. The molecular formula is C11H15N3O2. The molecule has 0 unspecified atom stereocenters. The van der Waals surface area contributed by atoms with Crippen LogP contribution >= 0.6 is 0 Å². The van der Waals surface area contributed by atoms with Crippen molar-refractivity contribution in [3.8, 4) is 0 Å². The van der Waals surface area contributed by atoms with E-state index in [9.17, 15) is 4.79 Å². The zero-order valence-electron chi connectivity index (χ0n) is 9.27. The second-order valence-corrected chi connectivity index (χ2v) is 3.40. The van der Waals surface area contributed by atoms with E-state index < -0.39 is 0 Å². The fraction of sp³-hybridized carbons (Fsp3) is 0.364. The van der Waals surface area contributed by atoms with Crippen molar-refractivity contribution in [2.24, 2.45) is 0 Å². The van der Waals surface area contributed by atoms with E-state index in [0.717, 1.165) is 5.57 Å². The highest BCUT2D eigenvalue weighted by Crippen LogP contribution is 1.93. The normalized spacial score (nSPS) is 9.81. The number of nitrogens with one attached hydrogen (secondary N) is 1. The average Bonchev–Trinajstić information content (AvgIpc) is 2.29. The first-order chi connectivity index (χ1) is 7.70. The maximum Gasteiger partial charge on any atom is 0.253 e. The summed E-state index contributed by atoms with van der Waals surface area (Å²) in [5.41, 5.74) is 1.46. The van der Waals surface area contributed by atoms with Crippen LogP contribution in [0, 0.1) is 0 Å². The van der Waals surface area contributed by atoms with Gasteiger partial charge in [-0.1, -0.05) is 12.2 Å². The van der Waals surface area contributed by atoms with Crippen molar-refractivity contribution in [2.45, 2.75) is 6.92 Å². The highest BCUT2D eigenvalue weighted by Gasteiger charge is 2.03. The van der Waals surface area contributed by atoms with Crippen molar-refractivity contribution < 1.29 is 9.53 Å². The Bertz CT molecular complexity index is 352. The summed E-state index contributed by atoms with van der Waals surface area (Å²) >= 11 is 0. The molecule has 0 fully saturated rings. The first-order valence-electron chi connectivity index (χ1n) is 4.97. The van der Waals surface area contributed by atoms with Gasteiger partial charge in [0.15, 0.2) is 0 Å². The van der Waals surface area contributed by atoms with E-state index in [-0.39, 0.29) is 5.91 Å². The van der Waals surface area contributed by atoms with Crippen LogP contribution in [0.15, 0.2) is 30.6 Å². The van der Waals surface area contributed by atoms with Crippen molar-refractivity contribution in [2.75, 3.05) is 19.8 Å². The molecule has 0 saturated carbocycles. The maximum atomic E-state index is 11.5. The van der Waals surface area contributed by atoms with Gasteiger partial charge in [-0.25, -0.2) is 0 Å². The monoisotopic (exact) mass is 221 g/mol. The minimum atomic E-state index is -0.172. The van der Waals surface area contributed by atoms with Gasteiger partial charge in [0.05, 0.1) is 31.2 Å². The molecule has 0 atom stereocenters. The van der Waals surface area contributed by atoms with Crippen LogP contribution in [0.3, 0.4) is 0 Å². The Morgan fingerprint density at radius 1 is 1.56 bits per heavy atom. The molecule has 0 aromatic carbocycles. The van der Waals surface area contributed by atoms with Gasteiger partial charge in [0.2, 0.25) is 0 Å². The van der Waals surface area contributed by atoms with Crippen LogP contribution in [0.1, 0.15) is 17.3 Å². The van der Waals surface area contributed by atoms with Crippen molar-refractivity contribution in [1.29, 1.82) is 0 Å². The van der Waals surface area contributed by atoms with Crippen LogP contribution in [0.5, 0.6) is 0 Å². The van der Waals surface area contributed by atoms with Crippen molar-refractivity contribution in [3.63, 3.8) is 0 Å². The van der Waals surface area contributed by atoms with Gasteiger partial charge < -0.3 is 10.1 Å². The van der Waals surface area contributed by atoms with E-state index in [1.165, 1.54) is 12.4 Å². The minimum Gasteiger partial charge on any atom is -0.375 e. The lowest BCUT2D eigenvalue weighted by Crippen LogP contribution is -2.27. The molecule has 5 heteroatoms. The van der Waals surface area contributed by atoms with E-state index in [1.807, 2.05) is 6.92 Å². The summed E-state index contributed by atoms with van der Waals surface area (Å²) in [6, 6.07) is 1.61. The second-order valence-electron chi connectivity index (χ2n) is 3.40. The van der Waals surface area contributed by atoms with Crippen molar-refractivity contribution >= 4 is 5.91 Å². The van der Waals surface area contributed by atoms with Crippen LogP contribution < -0.4 is 5.32 Å². The van der Waals surface area contributed by atoms with E-state index in [2.05, 4.69) is 22.1 Å². The molecule has 1 aromatic rings. The number of amides is 1. The number of aromatic nitrogens is 2. The van der Waals surface area contributed by atoms with E-state index >= 15 is 0 Å². The molecule has 86 valence electrons. The molecule has 0 aliphatic rings. The fourth-order valence-corrected chi connectivity index (χ4v) is 1.01. The summed E-state index contributed by atoms with van der Waals surface area (Å²) in [4.78, 5) is 11.5. The zero-order valence-corrected chi connectivity index (χ0v) is 9.27. The lowest BCUT2D eigenvalue weighted by Gasteiger charge is -2.05. The lowest BCUT2D eigenvalue weighted by molar-refractivity contribution is 0.0926. The van der Waals surface area contributed by atoms with Gasteiger partial charge in [-0.3, -0.25) is 4.79 Å². The molecule has 1 rings (SSSR count). The predicted molar refractivity (Wildman–Crippen MR) is 60.0 cm³/mol. The van der Waals surface area contributed by atoms with Crippen LogP contribution in [-0.2, 0) is 4.74 Å². The van der Waals surface area contributed by atoms with Gasteiger partial charge >= 0.3 is 0 Å². The molecule has 0 aliphatic heterocycles. The third-order valence-electron chi connectivity index (χ3n) is 1.73. The summed E-state index contributed by atoms with van der Waals surface area (Å²) in [6.07, 6.45) is 2.90. The van der Waals surface area contributed by atoms with Crippen LogP contribution in [-0.4, -0.2) is 35.9 Å². The highest BCUT2D eigenvalue weighted by molar-refractivity contribution is 5.93. The molecule has 0 radical (unpaired) electrons. The summed E-state index contributed by atoms with van der Waals surface area (Å²) in [7, 11) is 0. The summed E-state index contributed by atoms with van der Waals surface area (Å²) in [5.74, 6) is -0.172. The second kappa shape index (κ2) is 6.68. The van der Waals surface area contributed by atoms with E-state index in [1.54, 1.807) is 6.07 Å². The SMILES string of the molecule is C=C(C)COCCNC(=O)c1ccnnc1. The number of carbonyl (C=O) groups excluding carboxylic acids is 1. The number of nitrogens with zero attached hydrogens (tertiary/aromatic N) is 2. The standard InChI is InChI=1S/C11H15N3O2/c1-9(2)8-16-6-5-12-11(15)10-3-4-13-14-7-10/h3-4,7H,1,5-6,8H2,2H3,(H,12,15). The summed E-state index contributed by atoms with van der Waals surface area (Å²) < 4.78 is 5.24. The van der Waals surface area contributed by atoms with E-state index in [4.69, 9.17) is 4.74 Å². The molecule has 1 heterocycles. The topological polar surface area (TPSA) is 64.1 Å². The molecule has 0 spiro atoms. The molecule has 0 aliphatic carbocycles. The molecule has 1 N–H and O–H groups in total. The van der Waals surface area contributed by atoms with E-state index in [0.29, 0.717) is 25.3 Å². The quantitative estimate of drug-likeness (QED) is 0.570. The first-order valence-corrected chi connectivity index (χ1v) is 4.97. The minimum absolute atomic E-state index is 0.172. The molecular weight excluding hydrogens is 206 g/mol. The smallest absolute Gasteiger partial charge is 0.253 e. The average molecular weight is 221 g/mol. The zero-order chi connectivity index (χ0) is 11.8. The first kappa shape index (κ1) is 12.3. The van der Waals surface area contributed by atoms with Crippen molar-refractivity contribution in [3.05, 3.63) is 36.2 Å². The van der Waals surface area contributed by atoms with Gasteiger partial charge in [-0.05, 0) is 13.0 Å². The predicted octanol–water partition coefficient (Wildman–Crippen LogP) is 0.799. The molecule has 1 amide bonds. The summed E-state index contributed by atoms with van der Waals surface area (Å²) in [5, 5.41) is 9.92. The molecule has 1 aromatic heterocycles. The van der Waals surface area contributed by atoms with Gasteiger partial charge in [0.25, 0.3) is 5.91 Å². The van der Waals surface area contributed by atoms with Crippen LogP contribution in [0.2, 0.25) is 0 Å². The summed E-state index contributed by atoms with van der Waals surface area (Å²) in [6.45, 7) is 7.05. The molecule has 0 bridgehead atoms. The Morgan fingerprint density at radius 3 is 3.00 bits per heavy atom. The Kier molecular flexibility index (Phi) is 5.15. The number of hydrogen-bond acceptors (Lipinski definition) is 4. The Balaban J connectivity index is 2.19. The third-order valence-corrected chi connectivity index (χ3v) is 1.73. The molecule has 5 nitrogen and oxygen atoms in total. The third kappa shape index (κ3) is 4.65. The molecule has 0 saturated heterocycles. The fourth-order valence-electron chi connectivity index (χ4n) is 1.01. The molecule has 16 heavy (non-hydrogen) atoms. The number of hydrogen-bond donors (Lipinski definition) is 1. The van der Waals surface area contributed by atoms with Gasteiger partial charge in [-0.15, -0.1) is 0 Å². The number of carbonyl (C=O) groups is 1. The largest absolute Gasteiger partial charge is 0.375 e. The highest BCUT2D eigenvalue weighted by atomic mass is 16.5. The van der Waals surface area contributed by atoms with Crippen LogP contribution in [0.4, 0.5) is 0 Å². The van der Waals surface area contributed by atoms with Crippen molar-refractivity contribution in [1.82, 2.24) is 15.5 Å². The number of ether oxygens (including phenoxy) is 1. The Hall–Kier alpha value is -1.75.